The first kappa shape index (κ1) is 20.0. The number of hydrogen-bond acceptors (Lipinski definition) is 2. The summed E-state index contributed by atoms with van der Waals surface area (Å²) < 4.78 is 6.20. The summed E-state index contributed by atoms with van der Waals surface area (Å²) in [5.74, 6) is 1.45. The molecule has 0 fully saturated rings. The number of carbonyl (C=O) groups is 1. The van der Waals surface area contributed by atoms with E-state index in [2.05, 4.69) is 50.4 Å². The van der Waals surface area contributed by atoms with Gasteiger partial charge in [0.1, 0.15) is 11.9 Å². The van der Waals surface area contributed by atoms with Crippen LogP contribution in [0, 0.1) is 19.8 Å². The van der Waals surface area contributed by atoms with Gasteiger partial charge < -0.3 is 10.1 Å². The Morgan fingerprint density at radius 3 is 2.23 bits per heavy atom. The molecule has 0 radical (unpaired) electrons. The summed E-state index contributed by atoms with van der Waals surface area (Å²) >= 11 is 0. The van der Waals surface area contributed by atoms with Crippen molar-refractivity contribution in [3.63, 3.8) is 0 Å². The number of hydrogen-bond donors (Lipinski definition) is 1. The summed E-state index contributed by atoms with van der Waals surface area (Å²) in [7, 11) is 0. The summed E-state index contributed by atoms with van der Waals surface area (Å²) in [5, 5.41) is 2.85. The summed E-state index contributed by atoms with van der Waals surface area (Å²) in [5.41, 5.74) is 5.20. The first-order chi connectivity index (χ1) is 12.3. The quantitative estimate of drug-likeness (QED) is 0.724. The average molecular weight is 354 g/mol. The van der Waals surface area contributed by atoms with Gasteiger partial charge in [-0.3, -0.25) is 4.79 Å². The molecule has 0 bridgehead atoms. The van der Waals surface area contributed by atoms with Crippen molar-refractivity contribution in [3.8, 4) is 5.75 Å². The molecular formula is C23H31NO2. The molecule has 0 spiro atoms. The molecule has 3 nitrogen and oxygen atoms in total. The van der Waals surface area contributed by atoms with Crippen molar-refractivity contribution in [2.45, 2.75) is 54.1 Å². The van der Waals surface area contributed by atoms with Crippen molar-refractivity contribution in [1.29, 1.82) is 0 Å². The van der Waals surface area contributed by atoms with Crippen LogP contribution in [0.3, 0.4) is 0 Å². The van der Waals surface area contributed by atoms with Crippen LogP contribution in [0.4, 0.5) is 0 Å². The number of rotatable bonds is 7. The van der Waals surface area contributed by atoms with E-state index in [1.54, 1.807) is 0 Å². The summed E-state index contributed by atoms with van der Waals surface area (Å²) in [6.07, 6.45) is 1.05. The molecule has 0 aliphatic rings. The van der Waals surface area contributed by atoms with Crippen LogP contribution >= 0.6 is 0 Å². The van der Waals surface area contributed by atoms with E-state index in [1.165, 1.54) is 5.56 Å². The van der Waals surface area contributed by atoms with Gasteiger partial charge in [-0.25, -0.2) is 0 Å². The van der Waals surface area contributed by atoms with Gasteiger partial charge in [-0.15, -0.1) is 0 Å². The van der Waals surface area contributed by atoms with Crippen molar-refractivity contribution in [1.82, 2.24) is 5.32 Å². The fraction of sp³-hybridized carbons (Fsp3) is 0.435. The number of benzene rings is 2. The fourth-order valence-corrected chi connectivity index (χ4v) is 3.08. The second-order valence-electron chi connectivity index (χ2n) is 7.32. The van der Waals surface area contributed by atoms with Gasteiger partial charge in [0.15, 0.2) is 0 Å². The second-order valence-corrected chi connectivity index (χ2v) is 7.32. The highest BCUT2D eigenvalue weighted by Crippen LogP contribution is 2.29. The molecule has 0 aromatic heterocycles. The average Bonchev–Trinajstić information content (AvgIpc) is 2.59. The van der Waals surface area contributed by atoms with Crippen LogP contribution in [0.25, 0.3) is 0 Å². The molecule has 1 N–H and O–H groups in total. The van der Waals surface area contributed by atoms with Crippen LogP contribution in [0.1, 0.15) is 66.4 Å². The minimum absolute atomic E-state index is 0.0339. The molecule has 2 rings (SSSR count). The van der Waals surface area contributed by atoms with E-state index in [1.807, 2.05) is 32.9 Å². The van der Waals surface area contributed by atoms with Crippen molar-refractivity contribution < 1.29 is 9.53 Å². The molecular weight excluding hydrogens is 322 g/mol. The standard InChI is InChI=1S/C23H31NO2/c1-7-24-23(25)21-12-13-22(17(5)16(21)4)26-18(6)20-10-8-19(9-11-20)14-15(2)3/h8-13,15,18H,7,14H2,1-6H3,(H,24,25)/t18-/m0/s1. The van der Waals surface area contributed by atoms with Crippen LogP contribution in [0.5, 0.6) is 5.75 Å². The number of ether oxygens (including phenoxy) is 1. The van der Waals surface area contributed by atoms with E-state index < -0.39 is 0 Å². The largest absolute Gasteiger partial charge is 0.486 e. The molecule has 1 amide bonds. The predicted octanol–water partition coefficient (Wildman–Crippen LogP) is 5.39. The van der Waals surface area contributed by atoms with Gasteiger partial charge in [0.05, 0.1) is 0 Å². The maximum absolute atomic E-state index is 12.1. The molecule has 0 saturated heterocycles. The van der Waals surface area contributed by atoms with E-state index in [0.717, 1.165) is 28.9 Å². The molecule has 0 aliphatic carbocycles. The lowest BCUT2D eigenvalue weighted by molar-refractivity contribution is 0.0955. The molecule has 140 valence electrons. The monoisotopic (exact) mass is 353 g/mol. The Kier molecular flexibility index (Phi) is 6.84. The van der Waals surface area contributed by atoms with Gasteiger partial charge in [0, 0.05) is 12.1 Å². The summed E-state index contributed by atoms with van der Waals surface area (Å²) in [4.78, 5) is 12.1. The van der Waals surface area contributed by atoms with Crippen LogP contribution in [0.15, 0.2) is 36.4 Å². The molecule has 0 heterocycles. The molecule has 0 saturated carbocycles. The smallest absolute Gasteiger partial charge is 0.251 e. The van der Waals surface area contributed by atoms with E-state index in [-0.39, 0.29) is 12.0 Å². The van der Waals surface area contributed by atoms with Crippen molar-refractivity contribution in [2.75, 3.05) is 6.54 Å². The Hall–Kier alpha value is -2.29. The summed E-state index contributed by atoms with van der Waals surface area (Å²) in [6, 6.07) is 12.4. The Labute approximate surface area is 157 Å². The SMILES string of the molecule is CCNC(=O)c1ccc(O[C@@H](C)c2ccc(CC(C)C)cc2)c(C)c1C. The third-order valence-electron chi connectivity index (χ3n) is 4.72. The van der Waals surface area contributed by atoms with Crippen LogP contribution < -0.4 is 10.1 Å². The first-order valence-corrected chi connectivity index (χ1v) is 9.47. The molecule has 1 atom stereocenters. The van der Waals surface area contributed by atoms with Crippen LogP contribution in [0.2, 0.25) is 0 Å². The predicted molar refractivity (Wildman–Crippen MR) is 108 cm³/mol. The molecule has 3 heteroatoms. The zero-order valence-corrected chi connectivity index (χ0v) is 16.8. The zero-order chi connectivity index (χ0) is 19.3. The second kappa shape index (κ2) is 8.88. The highest BCUT2D eigenvalue weighted by Gasteiger charge is 2.15. The fourth-order valence-electron chi connectivity index (χ4n) is 3.08. The van der Waals surface area contributed by atoms with Gasteiger partial charge in [-0.1, -0.05) is 38.1 Å². The number of amides is 1. The van der Waals surface area contributed by atoms with Gasteiger partial charge in [0.2, 0.25) is 0 Å². The Balaban J connectivity index is 2.15. The van der Waals surface area contributed by atoms with E-state index in [4.69, 9.17) is 4.74 Å². The molecule has 26 heavy (non-hydrogen) atoms. The number of carbonyl (C=O) groups excluding carboxylic acids is 1. The van der Waals surface area contributed by atoms with Gasteiger partial charge in [0.25, 0.3) is 5.91 Å². The zero-order valence-electron chi connectivity index (χ0n) is 16.8. The lowest BCUT2D eigenvalue weighted by Gasteiger charge is -2.19. The highest BCUT2D eigenvalue weighted by atomic mass is 16.5. The minimum Gasteiger partial charge on any atom is -0.486 e. The lowest BCUT2D eigenvalue weighted by Crippen LogP contribution is -2.23. The maximum atomic E-state index is 12.1. The van der Waals surface area contributed by atoms with Gasteiger partial charge >= 0.3 is 0 Å². The van der Waals surface area contributed by atoms with Gasteiger partial charge in [-0.2, -0.15) is 0 Å². The molecule has 2 aromatic rings. The van der Waals surface area contributed by atoms with E-state index in [0.29, 0.717) is 18.0 Å². The molecule has 0 aliphatic heterocycles. The Morgan fingerprint density at radius 1 is 1.00 bits per heavy atom. The molecule has 2 aromatic carbocycles. The minimum atomic E-state index is -0.0449. The van der Waals surface area contributed by atoms with Crippen LogP contribution in [-0.4, -0.2) is 12.5 Å². The first-order valence-electron chi connectivity index (χ1n) is 9.47. The lowest BCUT2D eigenvalue weighted by atomic mass is 10.00. The van der Waals surface area contributed by atoms with Crippen molar-refractivity contribution in [3.05, 3.63) is 64.2 Å². The Bertz CT molecular complexity index is 748. The van der Waals surface area contributed by atoms with Crippen LogP contribution in [-0.2, 0) is 6.42 Å². The van der Waals surface area contributed by atoms with Crippen molar-refractivity contribution >= 4 is 5.91 Å². The molecule has 0 unspecified atom stereocenters. The topological polar surface area (TPSA) is 38.3 Å². The van der Waals surface area contributed by atoms with Crippen molar-refractivity contribution in [2.24, 2.45) is 5.92 Å². The van der Waals surface area contributed by atoms with E-state index in [9.17, 15) is 4.79 Å². The van der Waals surface area contributed by atoms with Gasteiger partial charge in [-0.05, 0) is 74.4 Å². The Morgan fingerprint density at radius 2 is 1.65 bits per heavy atom. The third kappa shape index (κ3) is 4.87. The normalized spacial score (nSPS) is 12.1. The van der Waals surface area contributed by atoms with E-state index >= 15 is 0 Å². The summed E-state index contributed by atoms with van der Waals surface area (Å²) in [6.45, 7) is 13.0. The number of nitrogens with one attached hydrogen (secondary N) is 1. The highest BCUT2D eigenvalue weighted by molar-refractivity contribution is 5.96. The maximum Gasteiger partial charge on any atom is 0.251 e. The third-order valence-corrected chi connectivity index (χ3v) is 4.72.